The highest BCUT2D eigenvalue weighted by Gasteiger charge is 2.29. The standard InChI is InChI=1S/C19H20F2N6O/c1-12-4-2-3-5-14(12)9-26-11-22-19(25-26)23-17(28)10-27-16(18(20)21)8-15(24-27)13-6-7-13/h2-5,8,11,13,18H,6-7,9-10H2,1H3,(H,23,25,28). The Balaban J connectivity index is 1.41. The molecule has 1 amide bonds. The molecule has 0 bridgehead atoms. The van der Waals surface area contributed by atoms with Gasteiger partial charge in [-0.05, 0) is 37.0 Å². The number of anilines is 1. The molecule has 0 atom stereocenters. The van der Waals surface area contributed by atoms with Gasteiger partial charge in [-0.2, -0.15) is 5.10 Å². The number of alkyl halides is 2. The molecule has 7 nitrogen and oxygen atoms in total. The van der Waals surface area contributed by atoms with Gasteiger partial charge in [0.05, 0.1) is 12.2 Å². The predicted molar refractivity (Wildman–Crippen MR) is 98.1 cm³/mol. The summed E-state index contributed by atoms with van der Waals surface area (Å²) >= 11 is 0. The Kier molecular flexibility index (Phi) is 4.89. The number of benzene rings is 1. The Labute approximate surface area is 160 Å². The third-order valence-electron chi connectivity index (χ3n) is 4.72. The van der Waals surface area contributed by atoms with Crippen LogP contribution in [0.3, 0.4) is 0 Å². The average Bonchev–Trinajstić information content (AvgIpc) is 3.28. The topological polar surface area (TPSA) is 77.6 Å². The van der Waals surface area contributed by atoms with Gasteiger partial charge in [0.2, 0.25) is 11.9 Å². The van der Waals surface area contributed by atoms with Crippen molar-refractivity contribution in [3.8, 4) is 0 Å². The molecule has 1 aliphatic rings. The minimum atomic E-state index is -2.68. The molecule has 1 fully saturated rings. The number of amides is 1. The summed E-state index contributed by atoms with van der Waals surface area (Å²) in [6.07, 6.45) is 0.743. The number of carbonyl (C=O) groups excluding carboxylic acids is 1. The highest BCUT2D eigenvalue weighted by molar-refractivity contribution is 5.88. The third kappa shape index (κ3) is 4.08. The van der Waals surface area contributed by atoms with E-state index in [1.54, 1.807) is 4.68 Å². The average molecular weight is 386 g/mol. The van der Waals surface area contributed by atoms with Crippen molar-refractivity contribution in [3.05, 3.63) is 59.2 Å². The van der Waals surface area contributed by atoms with Crippen molar-refractivity contribution in [3.63, 3.8) is 0 Å². The lowest BCUT2D eigenvalue weighted by atomic mass is 10.1. The van der Waals surface area contributed by atoms with E-state index in [2.05, 4.69) is 20.5 Å². The summed E-state index contributed by atoms with van der Waals surface area (Å²) in [6, 6.07) is 9.31. The summed E-state index contributed by atoms with van der Waals surface area (Å²) in [6.45, 7) is 2.23. The van der Waals surface area contributed by atoms with Crippen LogP contribution in [0.5, 0.6) is 0 Å². The molecule has 1 aliphatic carbocycles. The first-order valence-corrected chi connectivity index (χ1v) is 9.09. The fourth-order valence-corrected chi connectivity index (χ4v) is 3.02. The Morgan fingerprint density at radius 3 is 2.79 bits per heavy atom. The van der Waals surface area contributed by atoms with E-state index in [9.17, 15) is 13.6 Å². The zero-order chi connectivity index (χ0) is 19.7. The zero-order valence-corrected chi connectivity index (χ0v) is 15.3. The fourth-order valence-electron chi connectivity index (χ4n) is 3.02. The molecule has 9 heteroatoms. The number of nitrogens with one attached hydrogen (secondary N) is 1. The van der Waals surface area contributed by atoms with Gasteiger partial charge < -0.3 is 0 Å². The molecule has 0 radical (unpaired) electrons. The highest BCUT2D eigenvalue weighted by atomic mass is 19.3. The molecule has 2 heterocycles. The Morgan fingerprint density at radius 1 is 1.29 bits per heavy atom. The van der Waals surface area contributed by atoms with Crippen LogP contribution >= 0.6 is 0 Å². The largest absolute Gasteiger partial charge is 0.292 e. The van der Waals surface area contributed by atoms with Gasteiger partial charge in [-0.25, -0.2) is 18.4 Å². The van der Waals surface area contributed by atoms with Crippen LogP contribution in [0.15, 0.2) is 36.7 Å². The third-order valence-corrected chi connectivity index (χ3v) is 4.72. The molecule has 1 aromatic carbocycles. The number of halogens is 2. The van der Waals surface area contributed by atoms with Crippen LogP contribution in [0.2, 0.25) is 0 Å². The van der Waals surface area contributed by atoms with E-state index in [1.165, 1.54) is 12.4 Å². The number of hydrogen-bond acceptors (Lipinski definition) is 4. The van der Waals surface area contributed by atoms with E-state index in [1.807, 2.05) is 31.2 Å². The summed E-state index contributed by atoms with van der Waals surface area (Å²) in [4.78, 5) is 16.3. The van der Waals surface area contributed by atoms with Gasteiger partial charge in [-0.3, -0.25) is 14.8 Å². The molecule has 3 aromatic rings. The van der Waals surface area contributed by atoms with Gasteiger partial charge in [0.1, 0.15) is 18.6 Å². The van der Waals surface area contributed by atoms with Gasteiger partial charge in [0, 0.05) is 5.92 Å². The van der Waals surface area contributed by atoms with Gasteiger partial charge in [-0.1, -0.05) is 24.3 Å². The molecule has 1 N–H and O–H groups in total. The molecule has 4 rings (SSSR count). The molecule has 0 spiro atoms. The summed E-state index contributed by atoms with van der Waals surface area (Å²) < 4.78 is 29.1. The van der Waals surface area contributed by atoms with E-state index >= 15 is 0 Å². The molecule has 0 aliphatic heterocycles. The van der Waals surface area contributed by atoms with Gasteiger partial charge in [0.15, 0.2) is 0 Å². The first kappa shape index (κ1) is 18.3. The quantitative estimate of drug-likeness (QED) is 0.676. The van der Waals surface area contributed by atoms with Crippen molar-refractivity contribution in [2.24, 2.45) is 0 Å². The van der Waals surface area contributed by atoms with E-state index in [-0.39, 0.29) is 24.1 Å². The van der Waals surface area contributed by atoms with Crippen LogP contribution in [0.1, 0.15) is 47.7 Å². The van der Waals surface area contributed by atoms with E-state index in [0.29, 0.717) is 12.2 Å². The maximum Gasteiger partial charge on any atom is 0.280 e. The maximum atomic E-state index is 13.2. The van der Waals surface area contributed by atoms with Crippen LogP contribution in [-0.2, 0) is 17.9 Å². The van der Waals surface area contributed by atoms with Crippen molar-refractivity contribution < 1.29 is 13.6 Å². The van der Waals surface area contributed by atoms with Gasteiger partial charge in [-0.15, -0.1) is 5.10 Å². The Bertz CT molecular complexity index is 992. The lowest BCUT2D eigenvalue weighted by Crippen LogP contribution is -2.22. The fraction of sp³-hybridized carbons (Fsp3) is 0.368. The summed E-state index contributed by atoms with van der Waals surface area (Å²) in [5.74, 6) is -0.131. The number of nitrogens with zero attached hydrogens (tertiary/aromatic N) is 5. The maximum absolute atomic E-state index is 13.2. The first-order chi connectivity index (χ1) is 13.5. The summed E-state index contributed by atoms with van der Waals surface area (Å²) in [7, 11) is 0. The minimum absolute atomic E-state index is 0.131. The molecule has 0 unspecified atom stereocenters. The van der Waals surface area contributed by atoms with Crippen molar-refractivity contribution >= 4 is 11.9 Å². The molecule has 0 saturated heterocycles. The second kappa shape index (κ2) is 7.49. The molecule has 146 valence electrons. The van der Waals surface area contributed by atoms with Gasteiger partial charge >= 0.3 is 0 Å². The number of hydrogen-bond donors (Lipinski definition) is 1. The van der Waals surface area contributed by atoms with Crippen molar-refractivity contribution in [1.82, 2.24) is 24.5 Å². The van der Waals surface area contributed by atoms with Crippen LogP contribution in [-0.4, -0.2) is 30.5 Å². The second-order valence-electron chi connectivity index (χ2n) is 6.97. The van der Waals surface area contributed by atoms with Crippen LogP contribution in [0, 0.1) is 6.92 Å². The molecular weight excluding hydrogens is 366 g/mol. The highest BCUT2D eigenvalue weighted by Crippen LogP contribution is 2.40. The molecule has 2 aromatic heterocycles. The monoisotopic (exact) mass is 386 g/mol. The van der Waals surface area contributed by atoms with E-state index in [0.717, 1.165) is 28.7 Å². The zero-order valence-electron chi connectivity index (χ0n) is 15.3. The number of rotatable bonds is 7. The summed E-state index contributed by atoms with van der Waals surface area (Å²) in [5.41, 5.74) is 2.61. The van der Waals surface area contributed by atoms with Crippen LogP contribution < -0.4 is 5.32 Å². The van der Waals surface area contributed by atoms with E-state index < -0.39 is 12.3 Å². The molecular formula is C19H20F2N6O. The van der Waals surface area contributed by atoms with Gasteiger partial charge in [0.25, 0.3) is 6.43 Å². The number of aryl methyl sites for hydroxylation is 1. The minimum Gasteiger partial charge on any atom is -0.292 e. The molecule has 28 heavy (non-hydrogen) atoms. The van der Waals surface area contributed by atoms with Crippen LogP contribution in [0.25, 0.3) is 0 Å². The number of aromatic nitrogens is 5. The Morgan fingerprint density at radius 2 is 2.07 bits per heavy atom. The van der Waals surface area contributed by atoms with Crippen molar-refractivity contribution in [1.29, 1.82) is 0 Å². The smallest absolute Gasteiger partial charge is 0.280 e. The number of carbonyl (C=O) groups is 1. The van der Waals surface area contributed by atoms with Crippen molar-refractivity contribution in [2.75, 3.05) is 5.32 Å². The first-order valence-electron chi connectivity index (χ1n) is 9.09. The normalized spacial score (nSPS) is 13.9. The second-order valence-corrected chi connectivity index (χ2v) is 6.97. The lowest BCUT2D eigenvalue weighted by molar-refractivity contribution is -0.117. The molecule has 1 saturated carbocycles. The van der Waals surface area contributed by atoms with E-state index in [4.69, 9.17) is 0 Å². The predicted octanol–water partition coefficient (Wildman–Crippen LogP) is 3.29. The SMILES string of the molecule is Cc1ccccc1Cn1cnc(NC(=O)Cn2nc(C3CC3)cc2C(F)F)n1. The van der Waals surface area contributed by atoms with Crippen molar-refractivity contribution in [2.45, 2.75) is 45.2 Å². The van der Waals surface area contributed by atoms with Crippen LogP contribution in [0.4, 0.5) is 14.7 Å². The Hall–Kier alpha value is -3.10. The lowest BCUT2D eigenvalue weighted by Gasteiger charge is -2.06. The summed E-state index contributed by atoms with van der Waals surface area (Å²) in [5, 5.41) is 10.9.